The molecule has 0 saturated carbocycles. The van der Waals surface area contributed by atoms with Crippen LogP contribution in [0, 0.1) is 15.0 Å². The Morgan fingerprint density at radius 3 is 2.62 bits per heavy atom. The monoisotopic (exact) mass is 180 g/mol. The fourth-order valence-electron chi connectivity index (χ4n) is 0.901. The lowest BCUT2D eigenvalue weighted by Crippen LogP contribution is -1.93. The van der Waals surface area contributed by atoms with Crippen molar-refractivity contribution in [2.45, 2.75) is 0 Å². The molecule has 1 aromatic carbocycles. The summed E-state index contributed by atoms with van der Waals surface area (Å²) in [6.07, 6.45) is 0.245. The van der Waals surface area contributed by atoms with Crippen LogP contribution in [-0.4, -0.2) is 11.2 Å². The molecule has 6 heteroatoms. The summed E-state index contributed by atoms with van der Waals surface area (Å²) in [5, 5.41) is 12.9. The number of rotatable bonds is 3. The molecular weight excluding hydrogens is 176 g/mol. The first-order valence-electron chi connectivity index (χ1n) is 3.26. The molecule has 6 nitrogen and oxygen atoms in total. The average molecular weight is 180 g/mol. The van der Waals surface area contributed by atoms with Crippen molar-refractivity contribution in [2.24, 2.45) is 5.18 Å². The van der Waals surface area contributed by atoms with Gasteiger partial charge in [-0.05, 0) is 11.2 Å². The highest BCUT2D eigenvalue weighted by Gasteiger charge is 2.16. The molecule has 0 atom stereocenters. The molecule has 1 rings (SSSR count). The van der Waals surface area contributed by atoms with Gasteiger partial charge in [0.2, 0.25) is 0 Å². The minimum Gasteiger partial charge on any atom is -0.298 e. The van der Waals surface area contributed by atoms with Gasteiger partial charge in [0.25, 0.3) is 5.69 Å². The summed E-state index contributed by atoms with van der Waals surface area (Å²) in [6.45, 7) is 0. The average Bonchev–Trinajstić information content (AvgIpc) is 2.16. The summed E-state index contributed by atoms with van der Waals surface area (Å²) in [6, 6.07) is 3.67. The van der Waals surface area contributed by atoms with Gasteiger partial charge in [0, 0.05) is 6.07 Å². The lowest BCUT2D eigenvalue weighted by Gasteiger charge is -1.95. The van der Waals surface area contributed by atoms with Gasteiger partial charge in [-0.25, -0.2) is 0 Å². The highest BCUT2D eigenvalue weighted by Crippen LogP contribution is 2.26. The molecule has 0 aliphatic carbocycles. The van der Waals surface area contributed by atoms with E-state index in [1.54, 1.807) is 0 Å². The number of nitro groups is 1. The van der Waals surface area contributed by atoms with Crippen molar-refractivity contribution in [2.75, 3.05) is 0 Å². The van der Waals surface area contributed by atoms with Gasteiger partial charge in [-0.3, -0.25) is 14.9 Å². The molecule has 0 aliphatic rings. The number of nitrogens with zero attached hydrogens (tertiary/aromatic N) is 2. The van der Waals surface area contributed by atoms with Crippen LogP contribution in [0.4, 0.5) is 11.4 Å². The first-order valence-corrected chi connectivity index (χ1v) is 3.26. The lowest BCUT2D eigenvalue weighted by molar-refractivity contribution is -0.385. The maximum atomic E-state index is 10.4. The first kappa shape index (κ1) is 8.98. The van der Waals surface area contributed by atoms with E-state index in [0.717, 1.165) is 6.07 Å². The number of carbonyl (C=O) groups excluding carboxylic acids is 1. The number of nitro benzene ring substituents is 1. The lowest BCUT2D eigenvalue weighted by atomic mass is 10.1. The Labute approximate surface area is 72.3 Å². The molecule has 0 amide bonds. The number of nitroso groups, excluding NO2 is 1. The smallest absolute Gasteiger partial charge is 0.282 e. The van der Waals surface area contributed by atoms with E-state index in [0.29, 0.717) is 0 Å². The van der Waals surface area contributed by atoms with Crippen molar-refractivity contribution in [3.63, 3.8) is 0 Å². The second-order valence-corrected chi connectivity index (χ2v) is 2.18. The van der Waals surface area contributed by atoms with E-state index in [1.807, 2.05) is 0 Å². The highest BCUT2D eigenvalue weighted by atomic mass is 16.6. The number of aldehydes is 1. The maximum absolute atomic E-state index is 10.4. The minimum absolute atomic E-state index is 0.218. The Morgan fingerprint density at radius 1 is 1.46 bits per heavy atom. The quantitative estimate of drug-likeness (QED) is 0.307. The minimum atomic E-state index is -0.738. The third kappa shape index (κ3) is 1.56. The topological polar surface area (TPSA) is 89.6 Å². The highest BCUT2D eigenvalue weighted by molar-refractivity contribution is 5.88. The van der Waals surface area contributed by atoms with Crippen LogP contribution in [-0.2, 0) is 0 Å². The number of hydrogen-bond donors (Lipinski definition) is 0. The molecule has 0 aliphatic heterocycles. The van der Waals surface area contributed by atoms with Crippen molar-refractivity contribution >= 4 is 17.7 Å². The van der Waals surface area contributed by atoms with Gasteiger partial charge >= 0.3 is 0 Å². The predicted octanol–water partition coefficient (Wildman–Crippen LogP) is 1.81. The molecule has 13 heavy (non-hydrogen) atoms. The van der Waals surface area contributed by atoms with Gasteiger partial charge in [0.05, 0.1) is 4.92 Å². The standard InChI is InChI=1S/C7H4N2O4/c10-4-5-6(8-11)2-1-3-7(5)9(12)13/h1-4H. The summed E-state index contributed by atoms with van der Waals surface area (Å²) in [7, 11) is 0. The Hall–Kier alpha value is -2.11. The summed E-state index contributed by atoms with van der Waals surface area (Å²) in [4.78, 5) is 30.2. The van der Waals surface area contributed by atoms with Gasteiger partial charge in [-0.2, -0.15) is 0 Å². The van der Waals surface area contributed by atoms with Crippen LogP contribution in [0.3, 0.4) is 0 Å². The van der Waals surface area contributed by atoms with Gasteiger partial charge in [-0.15, -0.1) is 4.91 Å². The molecular formula is C7H4N2O4. The molecule has 0 unspecified atom stereocenters. The largest absolute Gasteiger partial charge is 0.298 e. The third-order valence-electron chi connectivity index (χ3n) is 1.47. The molecule has 0 saturated heterocycles. The van der Waals surface area contributed by atoms with Crippen molar-refractivity contribution in [3.8, 4) is 0 Å². The second kappa shape index (κ2) is 3.53. The second-order valence-electron chi connectivity index (χ2n) is 2.18. The third-order valence-corrected chi connectivity index (χ3v) is 1.47. The maximum Gasteiger partial charge on any atom is 0.282 e. The van der Waals surface area contributed by atoms with Gasteiger partial charge < -0.3 is 0 Å². The summed E-state index contributed by atoms with van der Waals surface area (Å²) < 4.78 is 0. The number of hydrogen-bond acceptors (Lipinski definition) is 5. The van der Waals surface area contributed by atoms with Crippen molar-refractivity contribution < 1.29 is 9.72 Å². The van der Waals surface area contributed by atoms with E-state index in [-0.39, 0.29) is 17.5 Å². The number of carbonyl (C=O) groups is 1. The summed E-state index contributed by atoms with van der Waals surface area (Å²) in [5.74, 6) is 0. The van der Waals surface area contributed by atoms with Gasteiger partial charge in [0.1, 0.15) is 11.3 Å². The van der Waals surface area contributed by atoms with Crippen LogP contribution in [0.2, 0.25) is 0 Å². The molecule has 0 N–H and O–H groups in total. The molecule has 0 bridgehead atoms. The zero-order valence-corrected chi connectivity index (χ0v) is 6.34. The fourth-order valence-corrected chi connectivity index (χ4v) is 0.901. The Morgan fingerprint density at radius 2 is 2.15 bits per heavy atom. The molecule has 0 fully saturated rings. The van der Waals surface area contributed by atoms with Crippen LogP contribution < -0.4 is 0 Å². The zero-order chi connectivity index (χ0) is 9.84. The molecule has 1 aromatic rings. The van der Waals surface area contributed by atoms with Crippen molar-refractivity contribution in [1.82, 2.24) is 0 Å². The molecule has 0 heterocycles. The zero-order valence-electron chi connectivity index (χ0n) is 6.34. The van der Waals surface area contributed by atoms with Crippen molar-refractivity contribution in [3.05, 3.63) is 38.8 Å². The SMILES string of the molecule is O=Cc1c(N=O)cccc1[N+](=O)[O-]. The van der Waals surface area contributed by atoms with Crippen LogP contribution in [0.25, 0.3) is 0 Å². The normalized spacial score (nSPS) is 9.23. The van der Waals surface area contributed by atoms with Crippen molar-refractivity contribution in [1.29, 1.82) is 0 Å². The molecule has 0 aromatic heterocycles. The summed E-state index contributed by atoms with van der Waals surface area (Å²) in [5.41, 5.74) is -0.918. The fraction of sp³-hybridized carbons (Fsp3) is 0. The van der Waals surface area contributed by atoms with Gasteiger partial charge in [0.15, 0.2) is 6.29 Å². The Bertz CT molecular complexity index is 375. The van der Waals surface area contributed by atoms with E-state index >= 15 is 0 Å². The van der Waals surface area contributed by atoms with Crippen LogP contribution in [0.15, 0.2) is 23.4 Å². The Balaban J connectivity index is 3.43. The Kier molecular flexibility index (Phi) is 2.44. The molecule has 0 radical (unpaired) electrons. The first-order chi connectivity index (χ1) is 6.20. The van der Waals surface area contributed by atoms with E-state index in [2.05, 4.69) is 5.18 Å². The summed E-state index contributed by atoms with van der Waals surface area (Å²) >= 11 is 0. The van der Waals surface area contributed by atoms with Crippen LogP contribution >= 0.6 is 0 Å². The number of benzene rings is 1. The van der Waals surface area contributed by atoms with E-state index in [9.17, 15) is 19.8 Å². The predicted molar refractivity (Wildman–Crippen MR) is 43.9 cm³/mol. The van der Waals surface area contributed by atoms with E-state index in [1.165, 1.54) is 12.1 Å². The van der Waals surface area contributed by atoms with Gasteiger partial charge in [-0.1, -0.05) is 6.07 Å². The van der Waals surface area contributed by atoms with E-state index in [4.69, 9.17) is 0 Å². The van der Waals surface area contributed by atoms with Crippen LogP contribution in [0.5, 0.6) is 0 Å². The molecule has 0 spiro atoms. The van der Waals surface area contributed by atoms with Crippen LogP contribution in [0.1, 0.15) is 10.4 Å². The molecule has 66 valence electrons. The van der Waals surface area contributed by atoms with E-state index < -0.39 is 10.6 Å².